The molecule has 0 aliphatic heterocycles. The second-order valence-corrected chi connectivity index (χ2v) is 8.89. The number of benzene rings is 1. The molecule has 0 fully saturated rings. The lowest BCUT2D eigenvalue weighted by atomic mass is 10.1. The molecule has 0 saturated heterocycles. The zero-order valence-corrected chi connectivity index (χ0v) is 21.5. The lowest BCUT2D eigenvalue weighted by Gasteiger charge is -2.18. The highest BCUT2D eigenvalue weighted by atomic mass is 16.5. The first-order chi connectivity index (χ1) is 16.1. The smallest absolute Gasteiger partial charge is 0.335 e. The van der Waals surface area contributed by atoms with Gasteiger partial charge in [0.25, 0.3) is 0 Å². The maximum Gasteiger partial charge on any atom is 0.335 e. The summed E-state index contributed by atoms with van der Waals surface area (Å²) in [6, 6.07) is 3.16. The van der Waals surface area contributed by atoms with Crippen molar-refractivity contribution in [2.75, 3.05) is 19.8 Å². The Hall–Kier alpha value is -1.91. The summed E-state index contributed by atoms with van der Waals surface area (Å²) in [6.45, 7) is 8.29. The van der Waals surface area contributed by atoms with E-state index < -0.39 is 5.97 Å². The molecule has 0 bridgehead atoms. The number of ether oxygens (including phenoxy) is 3. The van der Waals surface area contributed by atoms with E-state index in [0.717, 1.165) is 38.5 Å². The van der Waals surface area contributed by atoms with E-state index in [9.17, 15) is 9.90 Å². The van der Waals surface area contributed by atoms with Crippen LogP contribution in [0, 0.1) is 0 Å². The van der Waals surface area contributed by atoms with Gasteiger partial charge in [-0.3, -0.25) is 0 Å². The average Bonchev–Trinajstić information content (AvgIpc) is 2.81. The van der Waals surface area contributed by atoms with Crippen LogP contribution in [0.2, 0.25) is 0 Å². The predicted molar refractivity (Wildman–Crippen MR) is 136 cm³/mol. The summed E-state index contributed by atoms with van der Waals surface area (Å²) in [5.74, 6) is 0.541. The number of carboxylic acids is 1. The third-order valence-electron chi connectivity index (χ3n) is 5.77. The molecule has 5 nitrogen and oxygen atoms in total. The number of hydrogen-bond donors (Lipinski definition) is 1. The standard InChI is InChI=1S/C28H48O5/c1-4-7-10-13-16-19-31-25-22-24(28(29)30)23-26(32-20-17-14-11-8-5-2)27(25)33-21-18-15-12-9-6-3/h22-23H,4-21H2,1-3H3,(H,29,30). The van der Waals surface area contributed by atoms with Gasteiger partial charge in [-0.15, -0.1) is 0 Å². The Morgan fingerprint density at radius 1 is 0.606 bits per heavy atom. The highest BCUT2D eigenvalue weighted by molar-refractivity contribution is 5.89. The molecule has 1 rings (SSSR count). The van der Waals surface area contributed by atoms with Crippen molar-refractivity contribution in [2.45, 2.75) is 117 Å². The van der Waals surface area contributed by atoms with Crippen molar-refractivity contribution in [3.05, 3.63) is 17.7 Å². The van der Waals surface area contributed by atoms with Gasteiger partial charge in [0.1, 0.15) is 0 Å². The fourth-order valence-corrected chi connectivity index (χ4v) is 3.71. The van der Waals surface area contributed by atoms with Crippen molar-refractivity contribution >= 4 is 5.97 Å². The number of carbonyl (C=O) groups is 1. The zero-order valence-electron chi connectivity index (χ0n) is 21.5. The summed E-state index contributed by atoms with van der Waals surface area (Å²) in [7, 11) is 0. The molecule has 1 aromatic carbocycles. The first-order valence-corrected chi connectivity index (χ1v) is 13.4. The molecular weight excluding hydrogens is 416 g/mol. The van der Waals surface area contributed by atoms with Crippen molar-refractivity contribution < 1.29 is 24.1 Å². The molecule has 0 amide bonds. The zero-order chi connectivity index (χ0) is 24.2. The molecule has 190 valence electrons. The lowest BCUT2D eigenvalue weighted by Crippen LogP contribution is -2.08. The molecule has 33 heavy (non-hydrogen) atoms. The average molecular weight is 465 g/mol. The van der Waals surface area contributed by atoms with Crippen molar-refractivity contribution in [3.63, 3.8) is 0 Å². The number of aromatic carboxylic acids is 1. The van der Waals surface area contributed by atoms with E-state index in [1.165, 1.54) is 57.8 Å². The van der Waals surface area contributed by atoms with Crippen LogP contribution in [0.4, 0.5) is 0 Å². The van der Waals surface area contributed by atoms with Gasteiger partial charge in [-0.05, 0) is 31.4 Å². The Morgan fingerprint density at radius 2 is 0.970 bits per heavy atom. The van der Waals surface area contributed by atoms with Crippen LogP contribution >= 0.6 is 0 Å². The molecule has 0 spiro atoms. The molecule has 5 heteroatoms. The minimum absolute atomic E-state index is 0.173. The Kier molecular flexibility index (Phi) is 17.3. The van der Waals surface area contributed by atoms with Crippen LogP contribution in [0.5, 0.6) is 17.2 Å². The van der Waals surface area contributed by atoms with Gasteiger partial charge in [0.2, 0.25) is 5.75 Å². The summed E-state index contributed by atoms with van der Waals surface area (Å²) >= 11 is 0. The largest absolute Gasteiger partial charge is 0.490 e. The molecule has 0 aromatic heterocycles. The van der Waals surface area contributed by atoms with Gasteiger partial charge in [-0.2, -0.15) is 0 Å². The van der Waals surface area contributed by atoms with Gasteiger partial charge in [0, 0.05) is 0 Å². The van der Waals surface area contributed by atoms with Gasteiger partial charge < -0.3 is 19.3 Å². The summed E-state index contributed by atoms with van der Waals surface area (Å²) in [4.78, 5) is 11.7. The highest BCUT2D eigenvalue weighted by Gasteiger charge is 2.18. The monoisotopic (exact) mass is 464 g/mol. The van der Waals surface area contributed by atoms with Crippen LogP contribution in [0.15, 0.2) is 12.1 Å². The Bertz CT molecular complexity index is 592. The fourth-order valence-electron chi connectivity index (χ4n) is 3.71. The quantitative estimate of drug-likeness (QED) is 0.174. The first kappa shape index (κ1) is 29.1. The van der Waals surface area contributed by atoms with Crippen molar-refractivity contribution in [1.82, 2.24) is 0 Å². The molecule has 0 aliphatic rings. The highest BCUT2D eigenvalue weighted by Crippen LogP contribution is 2.39. The SMILES string of the molecule is CCCCCCCOc1cc(C(=O)O)cc(OCCCCCCC)c1OCCCCCCC. The summed E-state index contributed by atoms with van der Waals surface area (Å²) in [6.07, 6.45) is 17.1. The maximum absolute atomic E-state index is 11.7. The van der Waals surface area contributed by atoms with Gasteiger partial charge in [0.15, 0.2) is 11.5 Å². The minimum atomic E-state index is -0.985. The van der Waals surface area contributed by atoms with Gasteiger partial charge in [0.05, 0.1) is 25.4 Å². The van der Waals surface area contributed by atoms with Crippen molar-refractivity contribution in [2.24, 2.45) is 0 Å². The minimum Gasteiger partial charge on any atom is -0.490 e. The van der Waals surface area contributed by atoms with Gasteiger partial charge in [-0.25, -0.2) is 4.79 Å². The van der Waals surface area contributed by atoms with Gasteiger partial charge >= 0.3 is 5.97 Å². The Labute approximate surface area is 202 Å². The van der Waals surface area contributed by atoms with Crippen molar-refractivity contribution in [3.8, 4) is 17.2 Å². The number of unbranched alkanes of at least 4 members (excludes halogenated alkanes) is 12. The van der Waals surface area contributed by atoms with Crippen LogP contribution in [-0.4, -0.2) is 30.9 Å². The molecule has 0 heterocycles. The summed E-state index contributed by atoms with van der Waals surface area (Å²) < 4.78 is 18.2. The van der Waals surface area contributed by atoms with E-state index in [1.54, 1.807) is 12.1 Å². The Balaban J connectivity index is 2.84. The van der Waals surface area contributed by atoms with E-state index >= 15 is 0 Å². The molecule has 0 saturated carbocycles. The van der Waals surface area contributed by atoms with E-state index in [0.29, 0.717) is 37.1 Å². The molecule has 0 aliphatic carbocycles. The van der Waals surface area contributed by atoms with E-state index in [1.807, 2.05) is 0 Å². The number of hydrogen-bond acceptors (Lipinski definition) is 4. The van der Waals surface area contributed by atoms with Crippen molar-refractivity contribution in [1.29, 1.82) is 0 Å². The van der Waals surface area contributed by atoms with E-state index in [2.05, 4.69) is 20.8 Å². The van der Waals surface area contributed by atoms with Crippen LogP contribution in [-0.2, 0) is 0 Å². The third-order valence-corrected chi connectivity index (χ3v) is 5.77. The number of carboxylic acid groups (broad SMARTS) is 1. The lowest BCUT2D eigenvalue weighted by molar-refractivity contribution is 0.0695. The predicted octanol–water partition coefficient (Wildman–Crippen LogP) is 8.43. The topological polar surface area (TPSA) is 65.0 Å². The van der Waals surface area contributed by atoms with Crippen LogP contribution in [0.25, 0.3) is 0 Å². The fraction of sp³-hybridized carbons (Fsp3) is 0.750. The maximum atomic E-state index is 11.7. The molecule has 0 unspecified atom stereocenters. The summed E-state index contributed by atoms with van der Waals surface area (Å²) in [5, 5.41) is 9.61. The molecule has 1 aromatic rings. The second-order valence-electron chi connectivity index (χ2n) is 8.89. The van der Waals surface area contributed by atoms with Crippen LogP contribution in [0.1, 0.15) is 127 Å². The second kappa shape index (κ2) is 19.5. The normalized spacial score (nSPS) is 10.9. The first-order valence-electron chi connectivity index (χ1n) is 13.4. The molecule has 0 atom stereocenters. The molecule has 0 radical (unpaired) electrons. The van der Waals surface area contributed by atoms with E-state index in [4.69, 9.17) is 14.2 Å². The molecular formula is C28H48O5. The number of rotatable bonds is 22. The molecule has 1 N–H and O–H groups in total. The van der Waals surface area contributed by atoms with Crippen LogP contribution in [0.3, 0.4) is 0 Å². The van der Waals surface area contributed by atoms with Gasteiger partial charge in [-0.1, -0.05) is 97.8 Å². The van der Waals surface area contributed by atoms with E-state index in [-0.39, 0.29) is 5.56 Å². The third kappa shape index (κ3) is 13.4. The summed E-state index contributed by atoms with van der Waals surface area (Å²) in [5.41, 5.74) is 0.173. The Morgan fingerprint density at radius 3 is 1.33 bits per heavy atom. The van der Waals surface area contributed by atoms with Crippen LogP contribution < -0.4 is 14.2 Å².